The molecule has 19 heavy (non-hydrogen) atoms. The van der Waals surface area contributed by atoms with Gasteiger partial charge in [-0.05, 0) is 19.4 Å². The Labute approximate surface area is 111 Å². The van der Waals surface area contributed by atoms with Crippen molar-refractivity contribution in [2.45, 2.75) is 19.9 Å². The van der Waals surface area contributed by atoms with Crippen molar-refractivity contribution in [3.63, 3.8) is 0 Å². The lowest BCUT2D eigenvalue weighted by atomic mass is 9.96. The third-order valence-electron chi connectivity index (χ3n) is 2.90. The summed E-state index contributed by atoms with van der Waals surface area (Å²) >= 11 is 0. The molecule has 2 amide bonds. The summed E-state index contributed by atoms with van der Waals surface area (Å²) in [5.74, 6) is -0.415. The molecule has 0 aromatic heterocycles. The van der Waals surface area contributed by atoms with E-state index in [1.54, 1.807) is 13.8 Å². The van der Waals surface area contributed by atoms with Crippen LogP contribution in [0.5, 0.6) is 0 Å². The van der Waals surface area contributed by atoms with Crippen molar-refractivity contribution in [1.82, 2.24) is 10.6 Å². The minimum absolute atomic E-state index is 0.297. The van der Waals surface area contributed by atoms with E-state index < -0.39 is 12.0 Å². The van der Waals surface area contributed by atoms with Crippen molar-refractivity contribution in [2.75, 3.05) is 6.61 Å². The highest BCUT2D eigenvalue weighted by atomic mass is 16.5. The molecule has 1 heterocycles. The first kappa shape index (κ1) is 13.1. The Morgan fingerprint density at radius 1 is 1.32 bits per heavy atom. The SMILES string of the molecule is CCOC(=O)C1=C(C)NC(=O)N[C@@H]1c1ccccc1. The quantitative estimate of drug-likeness (QED) is 0.815. The maximum absolute atomic E-state index is 12.0. The van der Waals surface area contributed by atoms with Gasteiger partial charge < -0.3 is 15.4 Å². The van der Waals surface area contributed by atoms with Crippen LogP contribution in [-0.2, 0) is 9.53 Å². The van der Waals surface area contributed by atoms with Gasteiger partial charge in [0.05, 0.1) is 18.2 Å². The van der Waals surface area contributed by atoms with Crippen molar-refractivity contribution in [3.05, 3.63) is 47.2 Å². The molecule has 0 fully saturated rings. The molecule has 1 aromatic carbocycles. The third-order valence-corrected chi connectivity index (χ3v) is 2.90. The van der Waals surface area contributed by atoms with Gasteiger partial charge in [0.25, 0.3) is 0 Å². The number of hydrogen-bond acceptors (Lipinski definition) is 3. The Balaban J connectivity index is 2.41. The van der Waals surface area contributed by atoms with Gasteiger partial charge in [0.2, 0.25) is 0 Å². The van der Waals surface area contributed by atoms with E-state index in [2.05, 4.69) is 10.6 Å². The lowest BCUT2D eigenvalue weighted by Gasteiger charge is -2.28. The number of carbonyl (C=O) groups excluding carboxylic acids is 2. The second kappa shape index (κ2) is 5.56. The average Bonchev–Trinajstić information content (AvgIpc) is 2.39. The Morgan fingerprint density at radius 2 is 2.00 bits per heavy atom. The van der Waals surface area contributed by atoms with Crippen LogP contribution in [-0.4, -0.2) is 18.6 Å². The fraction of sp³-hybridized carbons (Fsp3) is 0.286. The van der Waals surface area contributed by atoms with Gasteiger partial charge in [0, 0.05) is 5.70 Å². The van der Waals surface area contributed by atoms with Crippen LogP contribution in [0.3, 0.4) is 0 Å². The molecule has 2 N–H and O–H groups in total. The highest BCUT2D eigenvalue weighted by Crippen LogP contribution is 2.27. The normalized spacial score (nSPS) is 18.6. The van der Waals surface area contributed by atoms with Crippen LogP contribution >= 0.6 is 0 Å². The van der Waals surface area contributed by atoms with E-state index >= 15 is 0 Å². The first-order valence-electron chi connectivity index (χ1n) is 6.13. The minimum Gasteiger partial charge on any atom is -0.463 e. The third kappa shape index (κ3) is 2.76. The number of allylic oxidation sites excluding steroid dienone is 1. The smallest absolute Gasteiger partial charge is 0.338 e. The fourth-order valence-electron chi connectivity index (χ4n) is 2.07. The molecule has 1 aliphatic heterocycles. The van der Waals surface area contributed by atoms with Crippen molar-refractivity contribution in [1.29, 1.82) is 0 Å². The molecule has 100 valence electrons. The van der Waals surface area contributed by atoms with Crippen LogP contribution in [0.15, 0.2) is 41.6 Å². The minimum atomic E-state index is -0.478. The standard InChI is InChI=1S/C14H16N2O3/c1-3-19-13(17)11-9(2)15-14(18)16-12(11)10-7-5-4-6-8-10/h4-8,12H,3H2,1-2H3,(H2,15,16,18)/t12-/m1/s1. The molecule has 0 radical (unpaired) electrons. The second-order valence-corrected chi connectivity index (χ2v) is 4.20. The maximum atomic E-state index is 12.0. The van der Waals surface area contributed by atoms with Crippen LogP contribution in [0.2, 0.25) is 0 Å². The van der Waals surface area contributed by atoms with Gasteiger partial charge in [-0.25, -0.2) is 9.59 Å². The zero-order valence-electron chi connectivity index (χ0n) is 10.9. The predicted molar refractivity (Wildman–Crippen MR) is 70.2 cm³/mol. The van der Waals surface area contributed by atoms with E-state index in [0.717, 1.165) is 5.56 Å². The van der Waals surface area contributed by atoms with Crippen LogP contribution < -0.4 is 10.6 Å². The summed E-state index contributed by atoms with van der Waals surface area (Å²) in [5.41, 5.74) is 1.81. The molecule has 1 aliphatic rings. The highest BCUT2D eigenvalue weighted by Gasteiger charge is 2.31. The van der Waals surface area contributed by atoms with Gasteiger partial charge in [-0.15, -0.1) is 0 Å². The van der Waals surface area contributed by atoms with E-state index in [4.69, 9.17) is 4.74 Å². The van der Waals surface area contributed by atoms with E-state index in [-0.39, 0.29) is 6.03 Å². The van der Waals surface area contributed by atoms with E-state index in [0.29, 0.717) is 17.9 Å². The van der Waals surface area contributed by atoms with E-state index in [1.165, 1.54) is 0 Å². The Kier molecular flexibility index (Phi) is 3.85. The van der Waals surface area contributed by atoms with Gasteiger partial charge in [0.1, 0.15) is 0 Å². The second-order valence-electron chi connectivity index (χ2n) is 4.20. The zero-order valence-corrected chi connectivity index (χ0v) is 10.9. The van der Waals surface area contributed by atoms with E-state index in [9.17, 15) is 9.59 Å². The molecule has 0 saturated carbocycles. The Bertz CT molecular complexity index is 523. The van der Waals surface area contributed by atoms with Gasteiger partial charge in [0.15, 0.2) is 0 Å². The number of rotatable bonds is 3. The molecule has 5 nitrogen and oxygen atoms in total. The van der Waals surface area contributed by atoms with Crippen molar-refractivity contribution in [3.8, 4) is 0 Å². The molecule has 1 atom stereocenters. The molecular formula is C14H16N2O3. The first-order valence-corrected chi connectivity index (χ1v) is 6.13. The molecule has 1 aromatic rings. The first-order chi connectivity index (χ1) is 9.13. The number of benzene rings is 1. The topological polar surface area (TPSA) is 67.4 Å². The number of amides is 2. The number of hydrogen-bond donors (Lipinski definition) is 2. The maximum Gasteiger partial charge on any atom is 0.338 e. The Morgan fingerprint density at radius 3 is 2.63 bits per heavy atom. The molecule has 0 aliphatic carbocycles. The summed E-state index contributed by atoms with van der Waals surface area (Å²) < 4.78 is 5.05. The lowest BCUT2D eigenvalue weighted by molar-refractivity contribution is -0.139. The van der Waals surface area contributed by atoms with Crippen LogP contribution in [0.25, 0.3) is 0 Å². The summed E-state index contributed by atoms with van der Waals surface area (Å²) in [4.78, 5) is 23.6. The molecule has 0 unspecified atom stereocenters. The molecular weight excluding hydrogens is 244 g/mol. The molecule has 5 heteroatoms. The Hall–Kier alpha value is -2.30. The number of ether oxygens (including phenoxy) is 1. The average molecular weight is 260 g/mol. The van der Waals surface area contributed by atoms with Crippen LogP contribution in [0.4, 0.5) is 4.79 Å². The van der Waals surface area contributed by atoms with Gasteiger partial charge in [-0.3, -0.25) is 0 Å². The van der Waals surface area contributed by atoms with Crippen molar-refractivity contribution < 1.29 is 14.3 Å². The number of carbonyl (C=O) groups is 2. The largest absolute Gasteiger partial charge is 0.463 e. The van der Waals surface area contributed by atoms with Gasteiger partial charge in [-0.2, -0.15) is 0 Å². The van der Waals surface area contributed by atoms with Crippen LogP contribution in [0.1, 0.15) is 25.5 Å². The fourth-order valence-corrected chi connectivity index (χ4v) is 2.07. The monoisotopic (exact) mass is 260 g/mol. The number of nitrogens with one attached hydrogen (secondary N) is 2. The van der Waals surface area contributed by atoms with Gasteiger partial charge in [-0.1, -0.05) is 30.3 Å². The summed E-state index contributed by atoms with van der Waals surface area (Å²) in [7, 11) is 0. The zero-order chi connectivity index (χ0) is 13.8. The highest BCUT2D eigenvalue weighted by molar-refractivity contribution is 5.94. The van der Waals surface area contributed by atoms with Crippen LogP contribution in [0, 0.1) is 0 Å². The van der Waals surface area contributed by atoms with Crippen molar-refractivity contribution in [2.24, 2.45) is 0 Å². The summed E-state index contributed by atoms with van der Waals surface area (Å²) in [6.45, 7) is 3.74. The molecule has 0 saturated heterocycles. The molecule has 0 spiro atoms. The number of urea groups is 1. The summed E-state index contributed by atoms with van der Waals surface area (Å²) in [5, 5.41) is 5.34. The lowest BCUT2D eigenvalue weighted by Crippen LogP contribution is -2.45. The molecule has 0 bridgehead atoms. The van der Waals surface area contributed by atoms with E-state index in [1.807, 2.05) is 30.3 Å². The summed E-state index contributed by atoms with van der Waals surface area (Å²) in [6, 6.07) is 8.54. The molecule has 2 rings (SSSR count). The number of esters is 1. The van der Waals surface area contributed by atoms with Gasteiger partial charge >= 0.3 is 12.0 Å². The van der Waals surface area contributed by atoms with Crippen molar-refractivity contribution >= 4 is 12.0 Å². The summed E-state index contributed by atoms with van der Waals surface area (Å²) in [6.07, 6.45) is 0. The predicted octanol–water partition coefficient (Wildman–Crippen LogP) is 1.88.